The van der Waals surface area contributed by atoms with Crippen molar-refractivity contribution in [3.63, 3.8) is 0 Å². The lowest BCUT2D eigenvalue weighted by Crippen LogP contribution is -2.35. The van der Waals surface area contributed by atoms with Crippen LogP contribution in [0.25, 0.3) is 0 Å². The maximum atomic E-state index is 11.9. The average Bonchev–Trinajstić information content (AvgIpc) is 3.27. The molecule has 0 saturated heterocycles. The van der Waals surface area contributed by atoms with Gasteiger partial charge in [-0.15, -0.1) is 0 Å². The molecule has 0 aromatic heterocycles. The number of hydrogen-bond acceptors (Lipinski definition) is 4. The van der Waals surface area contributed by atoms with Crippen LogP contribution >= 0.6 is 0 Å². The first-order valence-electron chi connectivity index (χ1n) is 8.02. The Hall–Kier alpha value is -2.04. The van der Waals surface area contributed by atoms with E-state index in [4.69, 9.17) is 9.47 Å². The van der Waals surface area contributed by atoms with Crippen molar-refractivity contribution in [2.45, 2.75) is 45.6 Å². The summed E-state index contributed by atoms with van der Waals surface area (Å²) < 4.78 is 10.7. The van der Waals surface area contributed by atoms with E-state index in [1.807, 2.05) is 24.3 Å². The van der Waals surface area contributed by atoms with E-state index in [9.17, 15) is 9.59 Å². The zero-order valence-electron chi connectivity index (χ0n) is 14.1. The minimum atomic E-state index is -0.574. The van der Waals surface area contributed by atoms with Crippen LogP contribution in [0.15, 0.2) is 24.3 Å². The van der Waals surface area contributed by atoms with Crippen LogP contribution < -0.4 is 10.1 Å². The monoisotopic (exact) mass is 319 g/mol. The molecule has 5 nitrogen and oxygen atoms in total. The molecule has 1 saturated carbocycles. The minimum absolute atomic E-state index is 0.0329. The summed E-state index contributed by atoms with van der Waals surface area (Å²) in [6.45, 7) is 6.08. The van der Waals surface area contributed by atoms with Gasteiger partial charge in [-0.3, -0.25) is 4.79 Å². The third-order valence-corrected chi connectivity index (χ3v) is 3.34. The lowest BCUT2D eigenvalue weighted by molar-refractivity contribution is -0.117. The predicted octanol–water partition coefficient (Wildman–Crippen LogP) is 3.11. The number of Topliss-reactive ketones (excluding diaryl/α,β-unsaturated/α-hetero) is 1. The number of carbonyl (C=O) groups excluding carboxylic acids is 2. The SMILES string of the molecule is CC(C)(C)OC(=O)NCC(=O)Cc1ccc(OCC2CC2)cc1. The van der Waals surface area contributed by atoms with Crippen LogP contribution in [0.1, 0.15) is 39.2 Å². The van der Waals surface area contributed by atoms with Gasteiger partial charge in [0.05, 0.1) is 13.2 Å². The van der Waals surface area contributed by atoms with Gasteiger partial charge in [0.25, 0.3) is 0 Å². The Kier molecular flexibility index (Phi) is 5.64. The highest BCUT2D eigenvalue weighted by Crippen LogP contribution is 2.29. The molecular weight excluding hydrogens is 294 g/mol. The van der Waals surface area contributed by atoms with E-state index in [2.05, 4.69) is 5.32 Å². The van der Waals surface area contributed by atoms with Crippen LogP contribution in [0.4, 0.5) is 4.79 Å². The lowest BCUT2D eigenvalue weighted by atomic mass is 10.1. The summed E-state index contributed by atoms with van der Waals surface area (Å²) in [6, 6.07) is 7.53. The van der Waals surface area contributed by atoms with E-state index < -0.39 is 11.7 Å². The van der Waals surface area contributed by atoms with E-state index in [1.165, 1.54) is 12.8 Å². The molecule has 1 aliphatic rings. The van der Waals surface area contributed by atoms with Gasteiger partial charge in [0.15, 0.2) is 5.78 Å². The van der Waals surface area contributed by atoms with Crippen molar-refractivity contribution in [1.82, 2.24) is 5.32 Å². The van der Waals surface area contributed by atoms with E-state index in [-0.39, 0.29) is 18.7 Å². The Morgan fingerprint density at radius 3 is 2.39 bits per heavy atom. The highest BCUT2D eigenvalue weighted by molar-refractivity contribution is 5.85. The van der Waals surface area contributed by atoms with E-state index >= 15 is 0 Å². The number of amides is 1. The quantitative estimate of drug-likeness (QED) is 0.838. The summed E-state index contributed by atoms with van der Waals surface area (Å²) in [5.74, 6) is 1.48. The van der Waals surface area contributed by atoms with Crippen molar-refractivity contribution < 1.29 is 19.1 Å². The van der Waals surface area contributed by atoms with Gasteiger partial charge in [-0.05, 0) is 57.2 Å². The number of hydrogen-bond donors (Lipinski definition) is 1. The molecule has 1 aromatic rings. The third kappa shape index (κ3) is 7.17. The zero-order valence-corrected chi connectivity index (χ0v) is 14.1. The number of nitrogens with one attached hydrogen (secondary N) is 1. The molecule has 0 spiro atoms. The lowest BCUT2D eigenvalue weighted by Gasteiger charge is -2.19. The fourth-order valence-corrected chi connectivity index (χ4v) is 1.98. The third-order valence-electron chi connectivity index (χ3n) is 3.34. The molecule has 0 radical (unpaired) electrons. The van der Waals surface area contributed by atoms with Crippen molar-refractivity contribution >= 4 is 11.9 Å². The fraction of sp³-hybridized carbons (Fsp3) is 0.556. The van der Waals surface area contributed by atoms with Gasteiger partial charge >= 0.3 is 6.09 Å². The molecule has 2 rings (SSSR count). The Labute approximate surface area is 137 Å². The van der Waals surface area contributed by atoms with Crippen LogP contribution in [0.5, 0.6) is 5.75 Å². The summed E-state index contributed by atoms with van der Waals surface area (Å²) in [4.78, 5) is 23.4. The second kappa shape index (κ2) is 7.49. The standard InChI is InChI=1S/C18H25NO4/c1-18(2,3)23-17(21)19-11-15(20)10-13-6-8-16(9-7-13)22-12-14-4-5-14/h6-9,14H,4-5,10-12H2,1-3H3,(H,19,21). The second-order valence-corrected chi connectivity index (χ2v) is 6.97. The van der Waals surface area contributed by atoms with E-state index in [0.717, 1.165) is 23.8 Å². The topological polar surface area (TPSA) is 64.6 Å². The molecule has 0 unspecified atom stereocenters. The molecule has 5 heteroatoms. The van der Waals surface area contributed by atoms with Gasteiger partial charge < -0.3 is 14.8 Å². The number of ether oxygens (including phenoxy) is 2. The van der Waals surface area contributed by atoms with Crippen molar-refractivity contribution in [3.05, 3.63) is 29.8 Å². The molecule has 1 N–H and O–H groups in total. The largest absolute Gasteiger partial charge is 0.493 e. The van der Waals surface area contributed by atoms with Gasteiger partial charge in [-0.25, -0.2) is 4.79 Å². The van der Waals surface area contributed by atoms with Crippen molar-refractivity contribution in [2.24, 2.45) is 5.92 Å². The molecule has 0 aliphatic heterocycles. The number of rotatable bonds is 7. The highest BCUT2D eigenvalue weighted by Gasteiger charge is 2.21. The highest BCUT2D eigenvalue weighted by atomic mass is 16.6. The summed E-state index contributed by atoms with van der Waals surface area (Å²) in [5.41, 5.74) is 0.337. The maximum absolute atomic E-state index is 11.9. The molecule has 0 bridgehead atoms. The van der Waals surface area contributed by atoms with Crippen LogP contribution in [0.3, 0.4) is 0 Å². The summed E-state index contributed by atoms with van der Waals surface area (Å²) in [6.07, 6.45) is 2.22. The molecule has 0 atom stereocenters. The smallest absolute Gasteiger partial charge is 0.408 e. The zero-order chi connectivity index (χ0) is 16.9. The van der Waals surface area contributed by atoms with Crippen LogP contribution in [0, 0.1) is 5.92 Å². The Bertz CT molecular complexity index is 541. The maximum Gasteiger partial charge on any atom is 0.408 e. The molecule has 1 amide bonds. The first kappa shape index (κ1) is 17.3. The normalized spacial score (nSPS) is 14.2. The van der Waals surface area contributed by atoms with Gasteiger partial charge in [-0.2, -0.15) is 0 Å². The Morgan fingerprint density at radius 1 is 1.17 bits per heavy atom. The van der Waals surface area contributed by atoms with E-state index in [1.54, 1.807) is 20.8 Å². The molecular formula is C18H25NO4. The Balaban J connectivity index is 1.70. The fourth-order valence-electron chi connectivity index (χ4n) is 1.98. The van der Waals surface area contributed by atoms with Crippen molar-refractivity contribution in [3.8, 4) is 5.75 Å². The van der Waals surface area contributed by atoms with Gasteiger partial charge in [0.2, 0.25) is 0 Å². The first-order valence-corrected chi connectivity index (χ1v) is 8.02. The second-order valence-electron chi connectivity index (χ2n) is 6.97. The van der Waals surface area contributed by atoms with Crippen LogP contribution in [-0.4, -0.2) is 30.6 Å². The number of carbonyl (C=O) groups is 2. The molecule has 1 aromatic carbocycles. The Morgan fingerprint density at radius 2 is 1.83 bits per heavy atom. The van der Waals surface area contributed by atoms with E-state index in [0.29, 0.717) is 0 Å². The van der Waals surface area contributed by atoms with Crippen LogP contribution in [0.2, 0.25) is 0 Å². The number of benzene rings is 1. The summed E-state index contributed by atoms with van der Waals surface area (Å²) in [5, 5.41) is 2.47. The molecule has 23 heavy (non-hydrogen) atoms. The molecule has 0 heterocycles. The van der Waals surface area contributed by atoms with Gasteiger partial charge in [0, 0.05) is 6.42 Å². The van der Waals surface area contributed by atoms with Crippen molar-refractivity contribution in [2.75, 3.05) is 13.2 Å². The van der Waals surface area contributed by atoms with Gasteiger partial charge in [0.1, 0.15) is 11.4 Å². The minimum Gasteiger partial charge on any atom is -0.493 e. The van der Waals surface area contributed by atoms with Crippen LogP contribution in [-0.2, 0) is 16.0 Å². The summed E-state index contributed by atoms with van der Waals surface area (Å²) in [7, 11) is 0. The number of alkyl carbamates (subject to hydrolysis) is 1. The number of ketones is 1. The summed E-state index contributed by atoms with van der Waals surface area (Å²) >= 11 is 0. The molecule has 1 fully saturated rings. The molecule has 1 aliphatic carbocycles. The average molecular weight is 319 g/mol. The first-order chi connectivity index (χ1) is 10.8. The van der Waals surface area contributed by atoms with Gasteiger partial charge in [-0.1, -0.05) is 12.1 Å². The predicted molar refractivity (Wildman–Crippen MR) is 87.6 cm³/mol. The molecule has 126 valence electrons. The van der Waals surface area contributed by atoms with Crippen molar-refractivity contribution in [1.29, 1.82) is 0 Å².